The highest BCUT2D eigenvalue weighted by atomic mass is 35.5. The first-order chi connectivity index (χ1) is 14.4. The molecule has 0 atom stereocenters. The Morgan fingerprint density at radius 2 is 2.13 bits per heavy atom. The summed E-state index contributed by atoms with van der Waals surface area (Å²) in [7, 11) is 0. The van der Waals surface area contributed by atoms with Crippen LogP contribution in [0, 0.1) is 6.92 Å². The summed E-state index contributed by atoms with van der Waals surface area (Å²) in [5.41, 5.74) is 2.32. The van der Waals surface area contributed by atoms with Gasteiger partial charge in [-0.15, -0.1) is 0 Å². The first-order valence-corrected chi connectivity index (χ1v) is 9.57. The molecular formula is C19H18ClF2N5O3. The van der Waals surface area contributed by atoms with Crippen LogP contribution in [0.4, 0.5) is 14.5 Å². The SMILES string of the molecule is Cc1onc(-c2ccc(Cl)nc2)c1Cn1ncc(N2CC(OCC(F)F)C2)cc1=O. The van der Waals surface area contributed by atoms with Crippen molar-refractivity contribution in [1.29, 1.82) is 0 Å². The second-order valence-electron chi connectivity index (χ2n) is 6.90. The molecule has 3 aromatic rings. The zero-order chi connectivity index (χ0) is 21.3. The lowest BCUT2D eigenvalue weighted by molar-refractivity contribution is -0.0336. The minimum Gasteiger partial charge on any atom is -0.369 e. The van der Waals surface area contributed by atoms with E-state index in [-0.39, 0.29) is 18.2 Å². The van der Waals surface area contributed by atoms with E-state index in [1.165, 1.54) is 10.7 Å². The van der Waals surface area contributed by atoms with Gasteiger partial charge in [0, 0.05) is 36.5 Å². The molecule has 0 aromatic carbocycles. The van der Waals surface area contributed by atoms with Crippen LogP contribution < -0.4 is 10.5 Å². The molecule has 0 aliphatic carbocycles. The van der Waals surface area contributed by atoms with Crippen LogP contribution >= 0.6 is 11.6 Å². The number of hydrogen-bond acceptors (Lipinski definition) is 7. The van der Waals surface area contributed by atoms with Crippen LogP contribution in [0.25, 0.3) is 11.3 Å². The molecule has 11 heteroatoms. The molecule has 0 unspecified atom stereocenters. The molecule has 4 rings (SSSR count). The molecule has 30 heavy (non-hydrogen) atoms. The fraction of sp³-hybridized carbons (Fsp3) is 0.368. The Morgan fingerprint density at radius 3 is 2.80 bits per heavy atom. The number of ether oxygens (including phenoxy) is 1. The van der Waals surface area contributed by atoms with Crippen molar-refractivity contribution in [2.75, 3.05) is 24.6 Å². The van der Waals surface area contributed by atoms with E-state index in [1.807, 2.05) is 4.90 Å². The van der Waals surface area contributed by atoms with Crippen LogP contribution in [0.3, 0.4) is 0 Å². The molecule has 3 aromatic heterocycles. The number of halogens is 3. The topological polar surface area (TPSA) is 86.3 Å². The van der Waals surface area contributed by atoms with Gasteiger partial charge >= 0.3 is 0 Å². The number of pyridine rings is 1. The normalized spacial score (nSPS) is 14.4. The van der Waals surface area contributed by atoms with Gasteiger partial charge in [0.25, 0.3) is 12.0 Å². The monoisotopic (exact) mass is 437 g/mol. The Bertz CT molecular complexity index is 1080. The molecule has 1 fully saturated rings. The van der Waals surface area contributed by atoms with Crippen molar-refractivity contribution in [2.24, 2.45) is 0 Å². The van der Waals surface area contributed by atoms with Gasteiger partial charge in [0.1, 0.15) is 23.2 Å². The minimum atomic E-state index is -2.49. The second kappa shape index (κ2) is 8.49. The predicted molar refractivity (Wildman–Crippen MR) is 105 cm³/mol. The Labute approximate surface area is 175 Å². The number of nitrogens with zero attached hydrogens (tertiary/aromatic N) is 5. The summed E-state index contributed by atoms with van der Waals surface area (Å²) in [5, 5.41) is 8.67. The van der Waals surface area contributed by atoms with Gasteiger partial charge < -0.3 is 14.2 Å². The summed E-state index contributed by atoms with van der Waals surface area (Å²) in [6.45, 7) is 2.23. The fourth-order valence-corrected chi connectivity index (χ4v) is 3.26. The molecule has 0 N–H and O–H groups in total. The number of anilines is 1. The molecule has 1 aliphatic rings. The zero-order valence-corrected chi connectivity index (χ0v) is 16.7. The highest BCUT2D eigenvalue weighted by Gasteiger charge is 2.29. The summed E-state index contributed by atoms with van der Waals surface area (Å²) < 4.78 is 36.1. The lowest BCUT2D eigenvalue weighted by Crippen LogP contribution is -2.53. The van der Waals surface area contributed by atoms with E-state index in [2.05, 4.69) is 15.2 Å². The van der Waals surface area contributed by atoms with Gasteiger partial charge in [-0.1, -0.05) is 16.8 Å². The van der Waals surface area contributed by atoms with E-state index >= 15 is 0 Å². The maximum absolute atomic E-state index is 12.6. The maximum Gasteiger partial charge on any atom is 0.269 e. The first kappa shape index (κ1) is 20.4. The van der Waals surface area contributed by atoms with Crippen LogP contribution in [0.1, 0.15) is 11.3 Å². The molecule has 0 amide bonds. The van der Waals surface area contributed by atoms with Crippen LogP contribution in [-0.2, 0) is 11.3 Å². The Kier molecular flexibility index (Phi) is 5.78. The van der Waals surface area contributed by atoms with Gasteiger partial charge in [0.2, 0.25) is 0 Å². The van der Waals surface area contributed by atoms with E-state index < -0.39 is 13.0 Å². The molecule has 0 saturated carbocycles. The van der Waals surface area contributed by atoms with Crippen molar-refractivity contribution in [3.63, 3.8) is 0 Å². The Morgan fingerprint density at radius 1 is 1.33 bits per heavy atom. The van der Waals surface area contributed by atoms with Crippen molar-refractivity contribution in [1.82, 2.24) is 19.9 Å². The van der Waals surface area contributed by atoms with Crippen LogP contribution in [0.2, 0.25) is 5.15 Å². The van der Waals surface area contributed by atoms with Crippen LogP contribution in [-0.4, -0.2) is 52.1 Å². The number of hydrogen-bond donors (Lipinski definition) is 0. The molecule has 0 spiro atoms. The lowest BCUT2D eigenvalue weighted by Gasteiger charge is -2.40. The van der Waals surface area contributed by atoms with E-state index in [4.69, 9.17) is 20.9 Å². The molecule has 1 saturated heterocycles. The smallest absolute Gasteiger partial charge is 0.269 e. The largest absolute Gasteiger partial charge is 0.369 e. The molecular weight excluding hydrogens is 420 g/mol. The van der Waals surface area contributed by atoms with Crippen LogP contribution in [0.15, 0.2) is 39.9 Å². The van der Waals surface area contributed by atoms with E-state index in [0.29, 0.717) is 46.5 Å². The third-order valence-corrected chi connectivity index (χ3v) is 5.04. The average Bonchev–Trinajstić information content (AvgIpc) is 3.03. The molecule has 1 aliphatic heterocycles. The number of aryl methyl sites for hydroxylation is 1. The molecule has 0 radical (unpaired) electrons. The van der Waals surface area contributed by atoms with Gasteiger partial charge in [-0.3, -0.25) is 4.79 Å². The van der Waals surface area contributed by atoms with Gasteiger partial charge in [0.05, 0.1) is 24.5 Å². The van der Waals surface area contributed by atoms with Gasteiger partial charge in [-0.05, 0) is 19.1 Å². The highest BCUT2D eigenvalue weighted by Crippen LogP contribution is 2.26. The van der Waals surface area contributed by atoms with Gasteiger partial charge in [-0.25, -0.2) is 18.4 Å². The Hall–Kier alpha value is -2.85. The molecule has 4 heterocycles. The number of alkyl halides is 2. The summed E-state index contributed by atoms with van der Waals surface area (Å²) in [6, 6.07) is 4.88. The summed E-state index contributed by atoms with van der Waals surface area (Å²) in [5.74, 6) is 0.569. The van der Waals surface area contributed by atoms with Gasteiger partial charge in [0.15, 0.2) is 0 Å². The van der Waals surface area contributed by atoms with Crippen molar-refractivity contribution in [2.45, 2.75) is 26.0 Å². The van der Waals surface area contributed by atoms with Crippen molar-refractivity contribution in [3.05, 3.63) is 57.4 Å². The fourth-order valence-electron chi connectivity index (χ4n) is 3.15. The van der Waals surface area contributed by atoms with Crippen molar-refractivity contribution in [3.8, 4) is 11.3 Å². The summed E-state index contributed by atoms with van der Waals surface area (Å²) in [6.07, 6.45) is 0.395. The highest BCUT2D eigenvalue weighted by molar-refractivity contribution is 6.29. The molecule has 0 bridgehead atoms. The van der Waals surface area contributed by atoms with Crippen molar-refractivity contribution >= 4 is 17.3 Å². The van der Waals surface area contributed by atoms with E-state index in [0.717, 1.165) is 0 Å². The first-order valence-electron chi connectivity index (χ1n) is 9.19. The predicted octanol–water partition coefficient (Wildman–Crippen LogP) is 2.77. The average molecular weight is 438 g/mol. The third-order valence-electron chi connectivity index (χ3n) is 4.82. The summed E-state index contributed by atoms with van der Waals surface area (Å²) >= 11 is 5.84. The van der Waals surface area contributed by atoms with Crippen LogP contribution in [0.5, 0.6) is 0 Å². The lowest BCUT2D eigenvalue weighted by atomic mass is 10.1. The number of aromatic nitrogens is 4. The van der Waals surface area contributed by atoms with E-state index in [9.17, 15) is 13.6 Å². The quantitative estimate of drug-likeness (QED) is 0.525. The standard InChI is InChI=1S/C19H18ClF2N5O3/c1-11-15(19(25-30-11)12-2-3-16(20)23-5-12)9-27-18(28)4-13(6-24-27)26-7-14(8-26)29-10-17(21)22/h2-6,14,17H,7-10H2,1H3. The molecule has 8 nitrogen and oxygen atoms in total. The van der Waals surface area contributed by atoms with E-state index in [1.54, 1.807) is 31.5 Å². The minimum absolute atomic E-state index is 0.173. The summed E-state index contributed by atoms with van der Waals surface area (Å²) in [4.78, 5) is 18.5. The zero-order valence-electron chi connectivity index (χ0n) is 16.0. The number of rotatable bonds is 7. The Balaban J connectivity index is 1.47. The van der Waals surface area contributed by atoms with Crippen molar-refractivity contribution < 1.29 is 18.0 Å². The maximum atomic E-state index is 12.6. The third kappa shape index (κ3) is 4.34. The molecule has 158 valence electrons. The second-order valence-corrected chi connectivity index (χ2v) is 7.28. The van der Waals surface area contributed by atoms with Gasteiger partial charge in [-0.2, -0.15) is 5.10 Å².